The topological polar surface area (TPSA) is 120 Å². The Morgan fingerprint density at radius 3 is 2.57 bits per heavy atom. The Morgan fingerprint density at radius 1 is 1.29 bits per heavy atom. The van der Waals surface area contributed by atoms with Crippen LogP contribution in [0.2, 0.25) is 0 Å². The van der Waals surface area contributed by atoms with Gasteiger partial charge in [-0.1, -0.05) is 6.07 Å². The maximum atomic E-state index is 12.4. The van der Waals surface area contributed by atoms with Crippen molar-refractivity contribution in [2.75, 3.05) is 5.73 Å². The van der Waals surface area contributed by atoms with Gasteiger partial charge in [-0.05, 0) is 31.4 Å². The maximum Gasteiger partial charge on any atom is 0.458 e. The van der Waals surface area contributed by atoms with Gasteiger partial charge >= 0.3 is 6.18 Å². The molecule has 0 bridgehead atoms. The fourth-order valence-electron chi connectivity index (χ4n) is 2.92. The van der Waals surface area contributed by atoms with Crippen molar-refractivity contribution in [3.05, 3.63) is 40.8 Å². The van der Waals surface area contributed by atoms with Crippen molar-refractivity contribution in [3.8, 4) is 23.3 Å². The lowest BCUT2D eigenvalue weighted by atomic mass is 10.1. The molecule has 3 rings (SSSR count). The summed E-state index contributed by atoms with van der Waals surface area (Å²) in [6, 6.07) is 3.11. The van der Waals surface area contributed by atoms with Crippen LogP contribution in [0.4, 0.5) is 19.0 Å². The quantitative estimate of drug-likeness (QED) is 0.581. The Labute approximate surface area is 156 Å². The monoisotopic (exact) mass is 389 g/mol. The standard InChI is InChI=1S/C18H14F3N5O2/c1-8-3-4-11(27)9(2)14(8)26-15(22)13(16(23)28)10-7-24-12(25-17(10)26)5-6-18(19,20)21/h3-4,7,27H,22H2,1-2H3,(H2,23,28). The Kier molecular flexibility index (Phi) is 4.39. The van der Waals surface area contributed by atoms with Gasteiger partial charge in [0, 0.05) is 17.7 Å². The summed E-state index contributed by atoms with van der Waals surface area (Å²) in [5.41, 5.74) is 13.0. The summed E-state index contributed by atoms with van der Waals surface area (Å²) >= 11 is 0. The van der Waals surface area contributed by atoms with E-state index in [2.05, 4.69) is 9.97 Å². The number of nitrogen functional groups attached to an aromatic ring is 1. The van der Waals surface area contributed by atoms with Crippen LogP contribution in [0.5, 0.6) is 5.75 Å². The molecule has 0 atom stereocenters. The number of primary amides is 1. The lowest BCUT2D eigenvalue weighted by Gasteiger charge is -2.15. The summed E-state index contributed by atoms with van der Waals surface area (Å²) in [4.78, 5) is 19.7. The first-order valence-corrected chi connectivity index (χ1v) is 7.87. The van der Waals surface area contributed by atoms with Crippen LogP contribution in [0.3, 0.4) is 0 Å². The third-order valence-electron chi connectivity index (χ3n) is 4.14. The molecule has 28 heavy (non-hydrogen) atoms. The highest BCUT2D eigenvalue weighted by atomic mass is 19.4. The Balaban J connectivity index is 2.42. The van der Waals surface area contributed by atoms with Crippen LogP contribution in [0.1, 0.15) is 27.3 Å². The van der Waals surface area contributed by atoms with E-state index in [1.165, 1.54) is 10.6 Å². The molecule has 2 aromatic heterocycles. The number of phenols is 1. The van der Waals surface area contributed by atoms with Crippen LogP contribution in [0, 0.1) is 25.7 Å². The predicted octanol–water partition coefficient (Wildman–Crippen LogP) is 2.34. The van der Waals surface area contributed by atoms with Crippen molar-refractivity contribution in [1.82, 2.24) is 14.5 Å². The third kappa shape index (κ3) is 3.18. The normalized spacial score (nSPS) is 11.3. The van der Waals surface area contributed by atoms with E-state index >= 15 is 0 Å². The molecule has 7 nitrogen and oxygen atoms in total. The van der Waals surface area contributed by atoms with E-state index in [9.17, 15) is 23.1 Å². The van der Waals surface area contributed by atoms with E-state index in [0.717, 1.165) is 12.1 Å². The number of nitrogens with zero attached hydrogens (tertiary/aromatic N) is 3. The molecule has 0 spiro atoms. The first-order chi connectivity index (χ1) is 13.0. The summed E-state index contributed by atoms with van der Waals surface area (Å²) < 4.78 is 38.5. The van der Waals surface area contributed by atoms with Crippen LogP contribution in [-0.2, 0) is 0 Å². The number of anilines is 1. The minimum absolute atomic E-state index is 0.0337. The van der Waals surface area contributed by atoms with Crippen molar-refractivity contribution in [3.63, 3.8) is 0 Å². The molecule has 5 N–H and O–H groups in total. The number of halogens is 3. The predicted molar refractivity (Wildman–Crippen MR) is 95.9 cm³/mol. The smallest absolute Gasteiger partial charge is 0.458 e. The number of benzene rings is 1. The van der Waals surface area contributed by atoms with E-state index in [1.54, 1.807) is 19.9 Å². The number of nitrogens with two attached hydrogens (primary N) is 2. The maximum absolute atomic E-state index is 12.4. The first-order valence-electron chi connectivity index (χ1n) is 7.87. The van der Waals surface area contributed by atoms with Gasteiger partial charge < -0.3 is 16.6 Å². The molecule has 2 heterocycles. The Bertz CT molecular complexity index is 1190. The second-order valence-electron chi connectivity index (χ2n) is 6.01. The lowest BCUT2D eigenvalue weighted by Crippen LogP contribution is -2.14. The fraction of sp³-hybridized carbons (Fsp3) is 0.167. The Morgan fingerprint density at radius 2 is 1.96 bits per heavy atom. The molecule has 10 heteroatoms. The average molecular weight is 389 g/mol. The van der Waals surface area contributed by atoms with Crippen molar-refractivity contribution < 1.29 is 23.1 Å². The van der Waals surface area contributed by atoms with E-state index in [0.29, 0.717) is 16.8 Å². The molecule has 0 fully saturated rings. The number of fused-ring (bicyclic) bond motifs is 1. The van der Waals surface area contributed by atoms with E-state index < -0.39 is 17.9 Å². The van der Waals surface area contributed by atoms with Gasteiger partial charge in [0.2, 0.25) is 5.82 Å². The summed E-state index contributed by atoms with van der Waals surface area (Å²) in [5, 5.41) is 10.2. The molecular formula is C18H14F3N5O2. The SMILES string of the molecule is Cc1ccc(O)c(C)c1-n1c(N)c(C(N)=O)c2cnc(C#CC(F)(F)F)nc21. The number of aromatic hydroxyl groups is 1. The molecule has 0 aliphatic carbocycles. The van der Waals surface area contributed by atoms with Gasteiger partial charge in [0.05, 0.1) is 16.6 Å². The number of carbonyl (C=O) groups is 1. The van der Waals surface area contributed by atoms with Gasteiger partial charge in [0.1, 0.15) is 11.6 Å². The highest BCUT2D eigenvalue weighted by molar-refractivity contribution is 6.10. The number of aryl methyl sites for hydroxylation is 1. The summed E-state index contributed by atoms with van der Waals surface area (Å²) in [6.07, 6.45) is -3.57. The van der Waals surface area contributed by atoms with Gasteiger partial charge in [-0.3, -0.25) is 9.36 Å². The number of alkyl halides is 3. The number of aromatic nitrogens is 3. The number of amides is 1. The molecule has 0 aliphatic heterocycles. The molecule has 0 saturated carbocycles. The van der Waals surface area contributed by atoms with E-state index in [4.69, 9.17) is 11.5 Å². The third-order valence-corrected chi connectivity index (χ3v) is 4.14. The zero-order valence-electron chi connectivity index (χ0n) is 14.7. The van der Waals surface area contributed by atoms with Gasteiger partial charge in [-0.25, -0.2) is 9.97 Å². The molecule has 3 aromatic rings. The minimum atomic E-state index is -4.71. The van der Waals surface area contributed by atoms with Crippen molar-refractivity contribution >= 4 is 22.8 Å². The molecule has 1 aromatic carbocycles. The zero-order chi connectivity index (χ0) is 20.8. The van der Waals surface area contributed by atoms with Crippen molar-refractivity contribution in [1.29, 1.82) is 0 Å². The number of hydrogen-bond acceptors (Lipinski definition) is 5. The van der Waals surface area contributed by atoms with Crippen LogP contribution < -0.4 is 11.5 Å². The van der Waals surface area contributed by atoms with Crippen LogP contribution in [0.15, 0.2) is 18.3 Å². The van der Waals surface area contributed by atoms with Crippen LogP contribution in [0.25, 0.3) is 16.7 Å². The minimum Gasteiger partial charge on any atom is -0.508 e. The van der Waals surface area contributed by atoms with Gasteiger partial charge in [0.25, 0.3) is 5.91 Å². The fourth-order valence-corrected chi connectivity index (χ4v) is 2.92. The molecule has 0 aliphatic rings. The second-order valence-corrected chi connectivity index (χ2v) is 6.01. The number of phenolic OH excluding ortho intramolecular Hbond substituents is 1. The van der Waals surface area contributed by atoms with Gasteiger partial charge in [0.15, 0.2) is 5.65 Å². The first kappa shape index (κ1) is 19.0. The molecular weight excluding hydrogens is 375 g/mol. The Hall–Kier alpha value is -3.74. The molecule has 144 valence electrons. The number of carbonyl (C=O) groups excluding carboxylic acids is 1. The highest BCUT2D eigenvalue weighted by Gasteiger charge is 2.25. The molecule has 0 saturated heterocycles. The van der Waals surface area contributed by atoms with Crippen molar-refractivity contribution in [2.24, 2.45) is 5.73 Å². The summed E-state index contributed by atoms with van der Waals surface area (Å²) in [6.45, 7) is 3.36. The molecule has 0 unspecified atom stereocenters. The van der Waals surface area contributed by atoms with Crippen molar-refractivity contribution in [2.45, 2.75) is 20.0 Å². The van der Waals surface area contributed by atoms with E-state index in [-0.39, 0.29) is 28.2 Å². The van der Waals surface area contributed by atoms with Gasteiger partial charge in [-0.2, -0.15) is 13.2 Å². The number of hydrogen-bond donors (Lipinski definition) is 3. The molecule has 0 radical (unpaired) electrons. The average Bonchev–Trinajstić information content (AvgIpc) is 2.88. The number of rotatable bonds is 2. The molecule has 1 amide bonds. The van der Waals surface area contributed by atoms with Crippen LogP contribution in [-0.4, -0.2) is 31.7 Å². The second kappa shape index (κ2) is 6.45. The van der Waals surface area contributed by atoms with E-state index in [1.807, 2.05) is 5.92 Å². The highest BCUT2D eigenvalue weighted by Crippen LogP contribution is 2.35. The largest absolute Gasteiger partial charge is 0.508 e. The zero-order valence-corrected chi connectivity index (χ0v) is 14.7. The summed E-state index contributed by atoms with van der Waals surface area (Å²) in [7, 11) is 0. The lowest BCUT2D eigenvalue weighted by molar-refractivity contribution is -0.0697. The summed E-state index contributed by atoms with van der Waals surface area (Å²) in [5.74, 6) is 1.56. The van der Waals surface area contributed by atoms with Crippen LogP contribution >= 0.6 is 0 Å². The van der Waals surface area contributed by atoms with Gasteiger partial charge in [-0.15, -0.1) is 0 Å².